The largest absolute Gasteiger partial charge is 0.349 e. The third-order valence-corrected chi connectivity index (χ3v) is 5.47. The van der Waals surface area contributed by atoms with Crippen molar-refractivity contribution in [2.45, 2.75) is 32.5 Å². The molecule has 2 aliphatic rings. The molecule has 8 heteroatoms. The van der Waals surface area contributed by atoms with Crippen LogP contribution < -0.4 is 5.32 Å². The lowest BCUT2D eigenvalue weighted by Crippen LogP contribution is -2.43. The second-order valence-electron chi connectivity index (χ2n) is 6.37. The number of nitrogens with zero attached hydrogens (tertiary/aromatic N) is 3. The van der Waals surface area contributed by atoms with Crippen molar-refractivity contribution in [3.63, 3.8) is 0 Å². The van der Waals surface area contributed by atoms with Crippen LogP contribution in [0.15, 0.2) is 18.2 Å². The van der Waals surface area contributed by atoms with Gasteiger partial charge in [-0.1, -0.05) is 23.2 Å². The Morgan fingerprint density at radius 2 is 2.12 bits per heavy atom. The summed E-state index contributed by atoms with van der Waals surface area (Å²) in [5.41, 5.74) is 2.79. The number of halogens is 2. The smallest absolute Gasteiger partial charge is 0.269 e. The molecule has 1 unspecified atom stereocenters. The molecule has 130 valence electrons. The van der Waals surface area contributed by atoms with Crippen LogP contribution in [0.25, 0.3) is 0 Å². The van der Waals surface area contributed by atoms with Gasteiger partial charge in [-0.15, -0.1) is 0 Å². The van der Waals surface area contributed by atoms with Gasteiger partial charge in [0.15, 0.2) is 0 Å². The minimum absolute atomic E-state index is 0.0190. The van der Waals surface area contributed by atoms with E-state index in [1.807, 2.05) is 6.92 Å². The lowest BCUT2D eigenvalue weighted by atomic mass is 9.98. The summed E-state index contributed by atoms with van der Waals surface area (Å²) in [5, 5.41) is 8.16. The highest BCUT2D eigenvalue weighted by atomic mass is 35.5. The molecule has 0 aliphatic carbocycles. The topological polar surface area (TPSA) is 67.2 Å². The first-order valence-electron chi connectivity index (χ1n) is 8.08. The molecule has 0 fully saturated rings. The highest BCUT2D eigenvalue weighted by Gasteiger charge is 2.35. The summed E-state index contributed by atoms with van der Waals surface area (Å²) in [4.78, 5) is 26.9. The minimum atomic E-state index is -0.132. The number of fused-ring (bicyclic) bond motifs is 3. The van der Waals surface area contributed by atoms with Crippen LogP contribution in [-0.4, -0.2) is 39.1 Å². The van der Waals surface area contributed by atoms with Crippen molar-refractivity contribution in [1.82, 2.24) is 20.0 Å². The Balaban J connectivity index is 1.69. The molecule has 0 spiro atoms. The van der Waals surface area contributed by atoms with E-state index in [0.29, 0.717) is 47.4 Å². The molecule has 1 atom stereocenters. The van der Waals surface area contributed by atoms with E-state index in [1.54, 1.807) is 27.8 Å². The van der Waals surface area contributed by atoms with E-state index in [0.717, 1.165) is 11.3 Å². The van der Waals surface area contributed by atoms with E-state index in [2.05, 4.69) is 10.4 Å². The van der Waals surface area contributed by atoms with Crippen LogP contribution in [0, 0.1) is 0 Å². The second-order valence-corrected chi connectivity index (χ2v) is 7.18. The third-order valence-electron chi connectivity index (χ3n) is 4.73. The van der Waals surface area contributed by atoms with Gasteiger partial charge >= 0.3 is 0 Å². The molecular weight excluding hydrogens is 363 g/mol. The maximum atomic E-state index is 13.0. The van der Waals surface area contributed by atoms with Gasteiger partial charge in [0.05, 0.1) is 28.8 Å². The van der Waals surface area contributed by atoms with Gasteiger partial charge in [0.25, 0.3) is 11.8 Å². The molecule has 1 aromatic heterocycles. The molecule has 0 bridgehead atoms. The fraction of sp³-hybridized carbons (Fsp3) is 0.353. The van der Waals surface area contributed by atoms with Crippen molar-refractivity contribution >= 4 is 35.0 Å². The number of amides is 2. The molecule has 0 saturated heterocycles. The first-order valence-corrected chi connectivity index (χ1v) is 8.84. The lowest BCUT2D eigenvalue weighted by molar-refractivity contribution is 0.0654. The van der Waals surface area contributed by atoms with Crippen molar-refractivity contribution in [3.05, 3.63) is 50.8 Å². The van der Waals surface area contributed by atoms with Crippen LogP contribution in [0.4, 0.5) is 0 Å². The van der Waals surface area contributed by atoms with E-state index in [4.69, 9.17) is 23.2 Å². The Hall–Kier alpha value is -2.05. The molecule has 2 aromatic rings. The summed E-state index contributed by atoms with van der Waals surface area (Å²) in [7, 11) is 0. The van der Waals surface area contributed by atoms with Crippen LogP contribution in [0.2, 0.25) is 10.0 Å². The lowest BCUT2D eigenvalue weighted by Gasteiger charge is -2.33. The molecule has 4 rings (SSSR count). The molecule has 3 heterocycles. The summed E-state index contributed by atoms with van der Waals surface area (Å²) in [5.74, 6) is -0.260. The Bertz CT molecular complexity index is 893. The zero-order valence-electron chi connectivity index (χ0n) is 13.6. The summed E-state index contributed by atoms with van der Waals surface area (Å²) in [6.45, 7) is 3.58. The van der Waals surface area contributed by atoms with Gasteiger partial charge in [-0.2, -0.15) is 5.10 Å². The van der Waals surface area contributed by atoms with Gasteiger partial charge in [-0.3, -0.25) is 14.3 Å². The number of hydrogen-bond acceptors (Lipinski definition) is 3. The number of rotatable bonds is 1. The normalized spacial score (nSPS) is 19.2. The Kier molecular flexibility index (Phi) is 3.96. The van der Waals surface area contributed by atoms with Crippen molar-refractivity contribution in [3.8, 4) is 0 Å². The minimum Gasteiger partial charge on any atom is -0.349 e. The number of nitrogens with one attached hydrogen (secondary N) is 1. The van der Waals surface area contributed by atoms with Crippen LogP contribution in [-0.2, 0) is 19.5 Å². The van der Waals surface area contributed by atoms with Crippen LogP contribution >= 0.6 is 23.2 Å². The average Bonchev–Trinajstić information content (AvgIpc) is 2.94. The first kappa shape index (κ1) is 16.4. The Morgan fingerprint density at radius 1 is 1.32 bits per heavy atom. The van der Waals surface area contributed by atoms with Gasteiger partial charge in [-0.25, -0.2) is 0 Å². The molecular formula is C17H16Cl2N4O2. The Labute approximate surface area is 154 Å². The van der Waals surface area contributed by atoms with Gasteiger partial charge < -0.3 is 10.2 Å². The van der Waals surface area contributed by atoms with Gasteiger partial charge in [-0.05, 0) is 25.1 Å². The average molecular weight is 379 g/mol. The van der Waals surface area contributed by atoms with Crippen LogP contribution in [0.5, 0.6) is 0 Å². The highest BCUT2D eigenvalue weighted by molar-refractivity contribution is 6.42. The van der Waals surface area contributed by atoms with Crippen molar-refractivity contribution in [2.75, 3.05) is 6.54 Å². The first-order chi connectivity index (χ1) is 12.0. The number of hydrogen-bond donors (Lipinski definition) is 1. The summed E-state index contributed by atoms with van der Waals surface area (Å²) in [6.07, 6.45) is 0.621. The summed E-state index contributed by atoms with van der Waals surface area (Å²) in [6, 6.07) is 4.84. The van der Waals surface area contributed by atoms with Crippen molar-refractivity contribution in [2.24, 2.45) is 0 Å². The van der Waals surface area contributed by atoms with Gasteiger partial charge in [0.1, 0.15) is 5.69 Å². The molecule has 2 amide bonds. The number of benzene rings is 1. The SMILES string of the molecule is CC1Cc2nn3c(c2CN1C(=O)c1ccc(Cl)c(Cl)c1)C(=O)NCC3. The van der Waals surface area contributed by atoms with E-state index >= 15 is 0 Å². The maximum absolute atomic E-state index is 13.0. The molecule has 0 saturated carbocycles. The van der Waals surface area contributed by atoms with Crippen molar-refractivity contribution < 1.29 is 9.59 Å². The molecule has 6 nitrogen and oxygen atoms in total. The molecule has 0 radical (unpaired) electrons. The summed E-state index contributed by atoms with van der Waals surface area (Å²) < 4.78 is 1.75. The van der Waals surface area contributed by atoms with Gasteiger partial charge in [0.2, 0.25) is 0 Å². The highest BCUT2D eigenvalue weighted by Crippen LogP contribution is 2.29. The predicted octanol–water partition coefficient (Wildman–Crippen LogP) is 2.52. The molecule has 25 heavy (non-hydrogen) atoms. The maximum Gasteiger partial charge on any atom is 0.269 e. The molecule has 1 aromatic carbocycles. The fourth-order valence-electron chi connectivity index (χ4n) is 3.44. The number of carbonyl (C=O) groups is 2. The van der Waals surface area contributed by atoms with Crippen LogP contribution in [0.1, 0.15) is 39.0 Å². The second kappa shape index (κ2) is 6.04. The number of aromatic nitrogens is 2. The van der Waals surface area contributed by atoms with Gasteiger partial charge in [0, 0.05) is 30.1 Å². The van der Waals surface area contributed by atoms with Crippen LogP contribution in [0.3, 0.4) is 0 Å². The molecule has 1 N–H and O–H groups in total. The standard InChI is InChI=1S/C17H16Cl2N4O2/c1-9-6-14-11(15-16(24)20-4-5-23(15)21-14)8-22(9)17(25)10-2-3-12(18)13(19)7-10/h2-3,7,9H,4-6,8H2,1H3,(H,20,24). The zero-order valence-corrected chi connectivity index (χ0v) is 15.1. The van der Waals surface area contributed by atoms with E-state index < -0.39 is 0 Å². The summed E-state index contributed by atoms with van der Waals surface area (Å²) >= 11 is 12.0. The van der Waals surface area contributed by atoms with E-state index in [9.17, 15) is 9.59 Å². The monoisotopic (exact) mass is 378 g/mol. The quantitative estimate of drug-likeness (QED) is 0.828. The predicted molar refractivity (Wildman–Crippen MR) is 94.1 cm³/mol. The number of carbonyl (C=O) groups excluding carboxylic acids is 2. The van der Waals surface area contributed by atoms with E-state index in [-0.39, 0.29) is 17.9 Å². The third kappa shape index (κ3) is 2.69. The Morgan fingerprint density at radius 3 is 2.88 bits per heavy atom. The zero-order chi connectivity index (χ0) is 17.7. The van der Waals surface area contributed by atoms with E-state index in [1.165, 1.54) is 0 Å². The fourth-order valence-corrected chi connectivity index (χ4v) is 3.74. The van der Waals surface area contributed by atoms with Crippen molar-refractivity contribution in [1.29, 1.82) is 0 Å². The molecule has 2 aliphatic heterocycles.